The molecule has 2 atom stereocenters. The molecule has 0 saturated carbocycles. The van der Waals surface area contributed by atoms with Crippen molar-refractivity contribution in [1.29, 1.82) is 0 Å². The van der Waals surface area contributed by atoms with Crippen molar-refractivity contribution in [3.63, 3.8) is 0 Å². The average Bonchev–Trinajstić information content (AvgIpc) is 2.69. The van der Waals surface area contributed by atoms with E-state index in [-0.39, 0.29) is 12.4 Å². The Hall–Kier alpha value is -0.870. The molecule has 1 aromatic rings. The van der Waals surface area contributed by atoms with E-state index in [1.165, 1.54) is 0 Å². The van der Waals surface area contributed by atoms with Crippen LogP contribution in [0.1, 0.15) is 32.7 Å². The van der Waals surface area contributed by atoms with Gasteiger partial charge in [0.05, 0.1) is 18.8 Å². The highest BCUT2D eigenvalue weighted by molar-refractivity contribution is 4.83. The van der Waals surface area contributed by atoms with Crippen molar-refractivity contribution < 1.29 is 9.47 Å². The van der Waals surface area contributed by atoms with Crippen LogP contribution in [0.3, 0.4) is 0 Å². The SMILES string of the molecule is CC(C)OC1CC(n2cccn2)CCO1. The van der Waals surface area contributed by atoms with Crippen molar-refractivity contribution in [2.75, 3.05) is 6.61 Å². The van der Waals surface area contributed by atoms with E-state index < -0.39 is 0 Å². The van der Waals surface area contributed by atoms with Gasteiger partial charge < -0.3 is 9.47 Å². The molecule has 15 heavy (non-hydrogen) atoms. The van der Waals surface area contributed by atoms with Crippen LogP contribution in [0, 0.1) is 0 Å². The Morgan fingerprint density at radius 2 is 2.40 bits per heavy atom. The van der Waals surface area contributed by atoms with Crippen molar-refractivity contribution in [2.45, 2.75) is 45.1 Å². The summed E-state index contributed by atoms with van der Waals surface area (Å²) in [4.78, 5) is 0. The van der Waals surface area contributed by atoms with E-state index in [0.717, 1.165) is 19.4 Å². The van der Waals surface area contributed by atoms with E-state index in [0.29, 0.717) is 6.04 Å². The molecule has 0 spiro atoms. The van der Waals surface area contributed by atoms with Gasteiger partial charge in [0.15, 0.2) is 6.29 Å². The Labute approximate surface area is 90.2 Å². The summed E-state index contributed by atoms with van der Waals surface area (Å²) in [5, 5.41) is 4.26. The summed E-state index contributed by atoms with van der Waals surface area (Å²) in [6.07, 6.45) is 5.86. The molecule has 1 fully saturated rings. The van der Waals surface area contributed by atoms with Crippen LogP contribution in [0.25, 0.3) is 0 Å². The minimum absolute atomic E-state index is 0.0760. The minimum Gasteiger partial charge on any atom is -0.352 e. The molecule has 0 aromatic carbocycles. The molecule has 0 amide bonds. The van der Waals surface area contributed by atoms with Crippen molar-refractivity contribution in [3.05, 3.63) is 18.5 Å². The fourth-order valence-electron chi connectivity index (χ4n) is 1.88. The molecular formula is C11H18N2O2. The molecule has 4 nitrogen and oxygen atoms in total. The molecule has 1 aromatic heterocycles. The molecule has 1 aliphatic heterocycles. The molecule has 1 saturated heterocycles. The average molecular weight is 210 g/mol. The lowest BCUT2D eigenvalue weighted by molar-refractivity contribution is -0.190. The van der Waals surface area contributed by atoms with Crippen molar-refractivity contribution in [3.8, 4) is 0 Å². The van der Waals surface area contributed by atoms with Crippen LogP contribution >= 0.6 is 0 Å². The highest BCUT2D eigenvalue weighted by Crippen LogP contribution is 2.25. The van der Waals surface area contributed by atoms with Gasteiger partial charge in [0.1, 0.15) is 0 Å². The van der Waals surface area contributed by atoms with E-state index in [2.05, 4.69) is 5.10 Å². The topological polar surface area (TPSA) is 36.3 Å². The third-order valence-corrected chi connectivity index (χ3v) is 2.54. The standard InChI is InChI=1S/C11H18N2O2/c1-9(2)15-11-8-10(4-7-14-11)13-6-3-5-12-13/h3,5-6,9-11H,4,7-8H2,1-2H3. The Morgan fingerprint density at radius 3 is 3.07 bits per heavy atom. The predicted octanol–water partition coefficient (Wildman–Crippen LogP) is 1.99. The third-order valence-electron chi connectivity index (χ3n) is 2.54. The zero-order valence-electron chi connectivity index (χ0n) is 9.30. The van der Waals surface area contributed by atoms with Gasteiger partial charge in [0.2, 0.25) is 0 Å². The van der Waals surface area contributed by atoms with Crippen molar-refractivity contribution in [1.82, 2.24) is 9.78 Å². The van der Waals surface area contributed by atoms with Gasteiger partial charge >= 0.3 is 0 Å². The van der Waals surface area contributed by atoms with Gasteiger partial charge in [0, 0.05) is 18.8 Å². The predicted molar refractivity (Wildman–Crippen MR) is 56.5 cm³/mol. The first-order valence-corrected chi connectivity index (χ1v) is 5.52. The zero-order valence-corrected chi connectivity index (χ0v) is 9.30. The molecule has 84 valence electrons. The van der Waals surface area contributed by atoms with Gasteiger partial charge in [-0.1, -0.05) is 0 Å². The van der Waals surface area contributed by atoms with Gasteiger partial charge in [-0.25, -0.2) is 0 Å². The molecule has 1 aliphatic rings. The van der Waals surface area contributed by atoms with Crippen LogP contribution in [0.4, 0.5) is 0 Å². The Balaban J connectivity index is 1.92. The van der Waals surface area contributed by atoms with Crippen molar-refractivity contribution in [2.24, 2.45) is 0 Å². The highest BCUT2D eigenvalue weighted by Gasteiger charge is 2.25. The van der Waals surface area contributed by atoms with Crippen LogP contribution in [0.15, 0.2) is 18.5 Å². The minimum atomic E-state index is -0.0760. The summed E-state index contributed by atoms with van der Waals surface area (Å²) in [7, 11) is 0. The number of hydrogen-bond donors (Lipinski definition) is 0. The molecule has 2 unspecified atom stereocenters. The van der Waals surface area contributed by atoms with E-state index in [9.17, 15) is 0 Å². The third kappa shape index (κ3) is 2.79. The first-order chi connectivity index (χ1) is 7.25. The number of rotatable bonds is 3. The van der Waals surface area contributed by atoms with E-state index in [1.54, 1.807) is 0 Å². The molecule has 4 heteroatoms. The summed E-state index contributed by atoms with van der Waals surface area (Å²) in [6.45, 7) is 4.81. The smallest absolute Gasteiger partial charge is 0.159 e. The maximum absolute atomic E-state index is 5.66. The number of ether oxygens (including phenoxy) is 2. The second-order valence-electron chi connectivity index (χ2n) is 4.15. The Kier molecular flexibility index (Phi) is 3.38. The highest BCUT2D eigenvalue weighted by atomic mass is 16.7. The lowest BCUT2D eigenvalue weighted by atomic mass is 10.1. The Morgan fingerprint density at radius 1 is 1.53 bits per heavy atom. The number of nitrogens with zero attached hydrogens (tertiary/aromatic N) is 2. The largest absolute Gasteiger partial charge is 0.352 e. The van der Waals surface area contributed by atoms with Crippen molar-refractivity contribution >= 4 is 0 Å². The number of hydrogen-bond acceptors (Lipinski definition) is 3. The zero-order chi connectivity index (χ0) is 10.7. The normalized spacial score (nSPS) is 27.1. The lowest BCUT2D eigenvalue weighted by Crippen LogP contribution is -2.31. The van der Waals surface area contributed by atoms with E-state index in [4.69, 9.17) is 9.47 Å². The fraction of sp³-hybridized carbons (Fsp3) is 0.727. The molecular weight excluding hydrogens is 192 g/mol. The van der Waals surface area contributed by atoms with Crippen LogP contribution < -0.4 is 0 Å². The van der Waals surface area contributed by atoms with Gasteiger partial charge in [-0.3, -0.25) is 4.68 Å². The van der Waals surface area contributed by atoms with E-state index in [1.807, 2.05) is 37.0 Å². The van der Waals surface area contributed by atoms with Gasteiger partial charge in [-0.15, -0.1) is 0 Å². The first-order valence-electron chi connectivity index (χ1n) is 5.52. The van der Waals surface area contributed by atoms with Crippen LogP contribution in [0.2, 0.25) is 0 Å². The van der Waals surface area contributed by atoms with E-state index >= 15 is 0 Å². The summed E-state index contributed by atoms with van der Waals surface area (Å²) < 4.78 is 13.2. The second kappa shape index (κ2) is 4.77. The molecule has 0 aliphatic carbocycles. The van der Waals surface area contributed by atoms with Gasteiger partial charge in [-0.05, 0) is 26.3 Å². The van der Waals surface area contributed by atoms with Crippen LogP contribution in [0.5, 0.6) is 0 Å². The number of aromatic nitrogens is 2. The summed E-state index contributed by atoms with van der Waals surface area (Å²) >= 11 is 0. The lowest BCUT2D eigenvalue weighted by Gasteiger charge is -2.30. The monoisotopic (exact) mass is 210 g/mol. The molecule has 0 N–H and O–H groups in total. The molecule has 0 bridgehead atoms. The first kappa shape index (κ1) is 10.6. The summed E-state index contributed by atoms with van der Waals surface area (Å²) in [5.41, 5.74) is 0. The molecule has 0 radical (unpaired) electrons. The van der Waals surface area contributed by atoms with Gasteiger partial charge in [0.25, 0.3) is 0 Å². The van der Waals surface area contributed by atoms with Crippen LogP contribution in [-0.2, 0) is 9.47 Å². The van der Waals surface area contributed by atoms with Crippen LogP contribution in [-0.4, -0.2) is 28.8 Å². The fourth-order valence-corrected chi connectivity index (χ4v) is 1.88. The maximum atomic E-state index is 5.66. The molecule has 2 rings (SSSR count). The Bertz CT molecular complexity index is 285. The van der Waals surface area contributed by atoms with Gasteiger partial charge in [-0.2, -0.15) is 5.10 Å². The summed E-state index contributed by atoms with van der Waals surface area (Å²) in [6, 6.07) is 2.37. The molecule has 2 heterocycles. The maximum Gasteiger partial charge on any atom is 0.159 e. The quantitative estimate of drug-likeness (QED) is 0.765. The summed E-state index contributed by atoms with van der Waals surface area (Å²) in [5.74, 6) is 0. The second-order valence-corrected chi connectivity index (χ2v) is 4.15.